The highest BCUT2D eigenvalue weighted by Crippen LogP contribution is 2.28. The maximum atomic E-state index is 6.28. The SMILES string of the molecule is CCCCCCCCCC(CCOCCC(CCCCCCCCC)c1ccccc1)c1ccccc1. The van der Waals surface area contributed by atoms with E-state index in [0.29, 0.717) is 11.8 Å². The lowest BCUT2D eigenvalue weighted by Gasteiger charge is -2.20. The topological polar surface area (TPSA) is 9.23 Å². The van der Waals surface area contributed by atoms with Crippen molar-refractivity contribution in [1.29, 1.82) is 0 Å². The lowest BCUT2D eigenvalue weighted by Crippen LogP contribution is -2.08. The molecule has 2 aromatic rings. The molecule has 0 aromatic heterocycles. The zero-order chi connectivity index (χ0) is 26.2. The minimum atomic E-state index is 0.634. The molecule has 2 unspecified atom stereocenters. The zero-order valence-corrected chi connectivity index (χ0v) is 24.5. The van der Waals surface area contributed by atoms with Crippen molar-refractivity contribution >= 4 is 0 Å². The van der Waals surface area contributed by atoms with E-state index in [2.05, 4.69) is 74.5 Å². The van der Waals surface area contributed by atoms with Crippen LogP contribution in [0.2, 0.25) is 0 Å². The second kappa shape index (κ2) is 22.4. The van der Waals surface area contributed by atoms with Crippen LogP contribution in [0.5, 0.6) is 0 Å². The first kappa shape index (κ1) is 31.6. The molecule has 2 atom stereocenters. The van der Waals surface area contributed by atoms with E-state index in [9.17, 15) is 0 Å². The van der Waals surface area contributed by atoms with Gasteiger partial charge in [-0.15, -0.1) is 0 Å². The molecule has 0 aliphatic heterocycles. The van der Waals surface area contributed by atoms with Crippen molar-refractivity contribution in [2.24, 2.45) is 0 Å². The van der Waals surface area contributed by atoms with Crippen molar-refractivity contribution in [3.05, 3.63) is 71.8 Å². The number of rotatable bonds is 24. The van der Waals surface area contributed by atoms with Crippen molar-refractivity contribution in [3.8, 4) is 0 Å². The number of benzene rings is 2. The first-order valence-corrected chi connectivity index (χ1v) is 16.0. The second-order valence-electron chi connectivity index (χ2n) is 11.2. The molecule has 37 heavy (non-hydrogen) atoms. The Bertz CT molecular complexity index is 661. The molecule has 0 amide bonds. The number of unbranched alkanes of at least 4 members (excludes halogenated alkanes) is 12. The average molecular weight is 507 g/mol. The summed E-state index contributed by atoms with van der Waals surface area (Å²) in [5, 5.41) is 0. The predicted molar refractivity (Wildman–Crippen MR) is 164 cm³/mol. The monoisotopic (exact) mass is 506 g/mol. The quantitative estimate of drug-likeness (QED) is 0.129. The van der Waals surface area contributed by atoms with Gasteiger partial charge in [-0.1, -0.05) is 164 Å². The minimum absolute atomic E-state index is 0.634. The molecule has 0 fully saturated rings. The van der Waals surface area contributed by atoms with E-state index >= 15 is 0 Å². The molecule has 1 nitrogen and oxygen atoms in total. The fourth-order valence-corrected chi connectivity index (χ4v) is 5.65. The fraction of sp³-hybridized carbons (Fsp3) is 0.667. The summed E-state index contributed by atoms with van der Waals surface area (Å²) in [4.78, 5) is 0. The van der Waals surface area contributed by atoms with Crippen LogP contribution in [0.4, 0.5) is 0 Å². The highest BCUT2D eigenvalue weighted by Gasteiger charge is 2.13. The molecule has 0 N–H and O–H groups in total. The first-order valence-electron chi connectivity index (χ1n) is 16.0. The summed E-state index contributed by atoms with van der Waals surface area (Å²) >= 11 is 0. The van der Waals surface area contributed by atoms with Gasteiger partial charge in [0.25, 0.3) is 0 Å². The zero-order valence-electron chi connectivity index (χ0n) is 24.5. The van der Waals surface area contributed by atoms with Crippen molar-refractivity contribution < 1.29 is 4.74 Å². The van der Waals surface area contributed by atoms with Gasteiger partial charge >= 0.3 is 0 Å². The van der Waals surface area contributed by atoms with Crippen molar-refractivity contribution in [3.63, 3.8) is 0 Å². The maximum absolute atomic E-state index is 6.28. The van der Waals surface area contributed by atoms with Crippen LogP contribution < -0.4 is 0 Å². The molecule has 0 saturated heterocycles. The molecule has 208 valence electrons. The summed E-state index contributed by atoms with van der Waals surface area (Å²) in [7, 11) is 0. The molecule has 0 aliphatic carbocycles. The molecule has 0 saturated carbocycles. The Labute approximate surface area is 230 Å². The molecule has 0 heterocycles. The van der Waals surface area contributed by atoms with Crippen LogP contribution in [0.1, 0.15) is 152 Å². The summed E-state index contributed by atoms with van der Waals surface area (Å²) in [6.45, 7) is 6.36. The summed E-state index contributed by atoms with van der Waals surface area (Å²) < 4.78 is 6.28. The summed E-state index contributed by atoms with van der Waals surface area (Å²) in [5.74, 6) is 1.27. The number of hydrogen-bond donors (Lipinski definition) is 0. The number of ether oxygens (including phenoxy) is 1. The van der Waals surface area contributed by atoms with E-state index in [4.69, 9.17) is 4.74 Å². The Hall–Kier alpha value is -1.60. The smallest absolute Gasteiger partial charge is 0.0471 e. The molecular formula is C36H58O. The molecule has 0 bridgehead atoms. The van der Waals surface area contributed by atoms with Gasteiger partial charge in [0, 0.05) is 13.2 Å². The Kier molecular flexibility index (Phi) is 19.1. The van der Waals surface area contributed by atoms with Gasteiger partial charge in [0.2, 0.25) is 0 Å². The fourth-order valence-electron chi connectivity index (χ4n) is 5.65. The normalized spacial score (nSPS) is 13.0. The third-order valence-corrected chi connectivity index (χ3v) is 8.08. The maximum Gasteiger partial charge on any atom is 0.0471 e. The second-order valence-corrected chi connectivity index (χ2v) is 11.2. The minimum Gasteiger partial charge on any atom is -0.381 e. The van der Waals surface area contributed by atoms with Crippen LogP contribution >= 0.6 is 0 Å². The van der Waals surface area contributed by atoms with Crippen LogP contribution in [-0.4, -0.2) is 13.2 Å². The van der Waals surface area contributed by atoms with E-state index in [0.717, 1.165) is 26.1 Å². The molecule has 0 radical (unpaired) electrons. The van der Waals surface area contributed by atoms with Gasteiger partial charge < -0.3 is 4.74 Å². The van der Waals surface area contributed by atoms with Gasteiger partial charge in [0.1, 0.15) is 0 Å². The molecule has 1 heteroatoms. The molecule has 0 aliphatic rings. The van der Waals surface area contributed by atoms with Crippen LogP contribution in [0, 0.1) is 0 Å². The summed E-state index contributed by atoms with van der Waals surface area (Å²) in [5.41, 5.74) is 3.00. The summed E-state index contributed by atoms with van der Waals surface area (Å²) in [6.07, 6.45) is 24.3. The van der Waals surface area contributed by atoms with Gasteiger partial charge in [-0.2, -0.15) is 0 Å². The van der Waals surface area contributed by atoms with Crippen LogP contribution in [0.15, 0.2) is 60.7 Å². The van der Waals surface area contributed by atoms with Crippen LogP contribution in [0.3, 0.4) is 0 Å². The predicted octanol–water partition coefficient (Wildman–Crippen LogP) is 11.6. The van der Waals surface area contributed by atoms with E-state index in [1.165, 1.54) is 114 Å². The summed E-state index contributed by atoms with van der Waals surface area (Å²) in [6, 6.07) is 22.3. The van der Waals surface area contributed by atoms with E-state index in [1.54, 1.807) is 0 Å². The average Bonchev–Trinajstić information content (AvgIpc) is 2.94. The first-order chi connectivity index (χ1) is 18.3. The van der Waals surface area contributed by atoms with Crippen molar-refractivity contribution in [2.45, 2.75) is 141 Å². The van der Waals surface area contributed by atoms with Crippen molar-refractivity contribution in [1.82, 2.24) is 0 Å². The lowest BCUT2D eigenvalue weighted by atomic mass is 9.90. The van der Waals surface area contributed by atoms with Gasteiger partial charge in [0.15, 0.2) is 0 Å². The highest BCUT2D eigenvalue weighted by molar-refractivity contribution is 5.20. The van der Waals surface area contributed by atoms with Gasteiger partial charge in [0.05, 0.1) is 0 Å². The third kappa shape index (κ3) is 15.4. The van der Waals surface area contributed by atoms with Crippen LogP contribution in [-0.2, 0) is 4.74 Å². The van der Waals surface area contributed by atoms with Gasteiger partial charge in [-0.25, -0.2) is 0 Å². The van der Waals surface area contributed by atoms with Gasteiger partial charge in [-0.3, -0.25) is 0 Å². The van der Waals surface area contributed by atoms with E-state index < -0.39 is 0 Å². The third-order valence-electron chi connectivity index (χ3n) is 8.08. The molecule has 2 rings (SSSR count). The Morgan fingerprint density at radius 2 is 0.784 bits per heavy atom. The largest absolute Gasteiger partial charge is 0.381 e. The van der Waals surface area contributed by atoms with Crippen molar-refractivity contribution in [2.75, 3.05) is 13.2 Å². The lowest BCUT2D eigenvalue weighted by molar-refractivity contribution is 0.118. The number of hydrogen-bond acceptors (Lipinski definition) is 1. The highest BCUT2D eigenvalue weighted by atomic mass is 16.5. The molecule has 0 spiro atoms. The Morgan fingerprint density at radius 1 is 0.432 bits per heavy atom. The van der Waals surface area contributed by atoms with E-state index in [1.807, 2.05) is 0 Å². The Morgan fingerprint density at radius 3 is 1.16 bits per heavy atom. The molecule has 2 aromatic carbocycles. The van der Waals surface area contributed by atoms with Crippen LogP contribution in [0.25, 0.3) is 0 Å². The standard InChI is InChI=1S/C36H58O/c1-3-5-7-9-11-13-17-27-35(33-23-19-15-20-24-33)29-31-37-32-30-36(34-25-21-16-22-26-34)28-18-14-12-10-8-6-4-2/h15-16,19-26,35-36H,3-14,17-18,27-32H2,1-2H3. The Balaban J connectivity index is 1.71. The van der Waals surface area contributed by atoms with Gasteiger partial charge in [-0.05, 0) is 48.6 Å². The molecular weight excluding hydrogens is 448 g/mol. The van der Waals surface area contributed by atoms with E-state index in [-0.39, 0.29) is 0 Å².